The van der Waals surface area contributed by atoms with Crippen molar-refractivity contribution in [2.45, 2.75) is 207 Å². The number of hydrogen-bond donors (Lipinski definition) is 0. The Bertz CT molecular complexity index is 445. The van der Waals surface area contributed by atoms with Crippen molar-refractivity contribution in [2.24, 2.45) is 0 Å². The van der Waals surface area contributed by atoms with Crippen LogP contribution in [0.3, 0.4) is 0 Å². The summed E-state index contributed by atoms with van der Waals surface area (Å²) >= 11 is 0. The smallest absolute Gasteiger partial charge is 0.0993 e. The number of hydrogen-bond acceptors (Lipinski definition) is 1. The van der Waals surface area contributed by atoms with E-state index in [4.69, 9.17) is 4.74 Å². The Labute approximate surface area is 235 Å². The number of unbranched alkanes of at least 4 members (excludes halogenated alkanes) is 24. The molecule has 1 nitrogen and oxygen atoms in total. The largest absolute Gasteiger partial charge is 0.467 e. The van der Waals surface area contributed by atoms with Crippen LogP contribution in [0.1, 0.15) is 207 Å². The summed E-state index contributed by atoms with van der Waals surface area (Å²) < 4.78 is 6.29. The lowest BCUT2D eigenvalue weighted by Gasteiger charge is -2.13. The van der Waals surface area contributed by atoms with E-state index in [1.807, 2.05) is 0 Å². The van der Waals surface area contributed by atoms with E-state index in [9.17, 15) is 0 Å². The normalized spacial score (nSPS) is 12.4. The summed E-state index contributed by atoms with van der Waals surface area (Å²) in [6.07, 6.45) is 43.3. The highest BCUT2D eigenvalue weighted by Gasteiger charge is 2.04. The van der Waals surface area contributed by atoms with Gasteiger partial charge >= 0.3 is 0 Å². The Hall–Kier alpha value is -0.720. The fourth-order valence-corrected chi connectivity index (χ4v) is 5.31. The molecule has 0 aromatic rings. The monoisotopic (exact) mass is 519 g/mol. The minimum absolute atomic E-state index is 1.10. The first-order valence-electron chi connectivity index (χ1n) is 17.3. The molecule has 0 aliphatic carbocycles. The lowest BCUT2D eigenvalue weighted by Crippen LogP contribution is -1.95. The molecule has 0 aromatic heterocycles. The van der Waals surface area contributed by atoms with Crippen molar-refractivity contribution >= 4 is 0 Å². The molecule has 1 heteroatoms. The third kappa shape index (κ3) is 28.1. The molecule has 0 radical (unpaired) electrons. The molecule has 0 fully saturated rings. The molecule has 0 aliphatic rings. The Kier molecular flexibility index (Phi) is 30.9. The molecule has 0 unspecified atom stereocenters. The van der Waals surface area contributed by atoms with Crippen molar-refractivity contribution in [2.75, 3.05) is 0 Å². The zero-order chi connectivity index (χ0) is 27.1. The van der Waals surface area contributed by atoms with Crippen LogP contribution in [-0.2, 0) is 4.74 Å². The Morgan fingerprint density at radius 3 is 0.784 bits per heavy atom. The molecule has 0 rings (SSSR count). The van der Waals surface area contributed by atoms with Gasteiger partial charge in [-0.15, -0.1) is 0 Å². The van der Waals surface area contributed by atoms with Crippen LogP contribution in [0.25, 0.3) is 0 Å². The van der Waals surface area contributed by atoms with Crippen LogP contribution in [0, 0.1) is 0 Å². The minimum Gasteiger partial charge on any atom is -0.467 e. The topological polar surface area (TPSA) is 9.23 Å². The fraction of sp³-hybridized carbons (Fsp3) is 0.889. The first-order valence-corrected chi connectivity index (χ1v) is 17.3. The molecule has 0 atom stereocenters. The van der Waals surface area contributed by atoms with E-state index < -0.39 is 0 Å². The second kappa shape index (κ2) is 31.5. The standard InChI is InChI=1S/C36H70O/c1-5-9-11-13-15-17-19-21-23-25-27-29-31-33-35(7-3)37-36(8-4)34-32-30-28-26-24-22-20-18-16-14-12-10-6-2/h7-8H,5-6,9-34H2,1-4H3. The van der Waals surface area contributed by atoms with E-state index in [2.05, 4.69) is 39.8 Å². The van der Waals surface area contributed by atoms with Gasteiger partial charge in [0, 0.05) is 12.8 Å². The molecule has 0 saturated heterocycles. The van der Waals surface area contributed by atoms with E-state index in [1.165, 1.54) is 178 Å². The quantitative estimate of drug-likeness (QED) is 0.0678. The van der Waals surface area contributed by atoms with Crippen LogP contribution in [0.4, 0.5) is 0 Å². The highest BCUT2D eigenvalue weighted by Crippen LogP contribution is 2.21. The van der Waals surface area contributed by atoms with Gasteiger partial charge in [0.2, 0.25) is 0 Å². The van der Waals surface area contributed by atoms with Gasteiger partial charge in [0.25, 0.3) is 0 Å². The van der Waals surface area contributed by atoms with E-state index >= 15 is 0 Å². The van der Waals surface area contributed by atoms with Gasteiger partial charge in [0.1, 0.15) is 0 Å². The van der Waals surface area contributed by atoms with Gasteiger partial charge < -0.3 is 4.74 Å². The first kappa shape index (κ1) is 36.3. The zero-order valence-corrected chi connectivity index (χ0v) is 26.4. The third-order valence-corrected chi connectivity index (χ3v) is 7.96. The van der Waals surface area contributed by atoms with Gasteiger partial charge in [-0.2, -0.15) is 0 Å². The van der Waals surface area contributed by atoms with Crippen LogP contribution in [0.15, 0.2) is 23.7 Å². The van der Waals surface area contributed by atoms with E-state index in [0.29, 0.717) is 0 Å². The number of ether oxygens (including phenoxy) is 1. The van der Waals surface area contributed by atoms with Gasteiger partial charge in [-0.1, -0.05) is 168 Å². The zero-order valence-electron chi connectivity index (χ0n) is 26.4. The van der Waals surface area contributed by atoms with Crippen molar-refractivity contribution < 1.29 is 4.74 Å². The molecule has 0 N–H and O–H groups in total. The Morgan fingerprint density at radius 1 is 0.351 bits per heavy atom. The summed E-state index contributed by atoms with van der Waals surface area (Å²) in [6, 6.07) is 0. The van der Waals surface area contributed by atoms with Gasteiger partial charge in [-0.25, -0.2) is 0 Å². The summed E-state index contributed by atoms with van der Waals surface area (Å²) in [5.41, 5.74) is 0. The lowest BCUT2D eigenvalue weighted by molar-refractivity contribution is 0.269. The van der Waals surface area contributed by atoms with E-state index in [1.54, 1.807) is 0 Å². The molecule has 0 aliphatic heterocycles. The average molecular weight is 519 g/mol. The predicted molar refractivity (Wildman–Crippen MR) is 169 cm³/mol. The third-order valence-electron chi connectivity index (χ3n) is 7.96. The van der Waals surface area contributed by atoms with E-state index in [0.717, 1.165) is 12.8 Å². The lowest BCUT2D eigenvalue weighted by atomic mass is 10.0. The SMILES string of the molecule is CC=C(CCCCCCCCCCCCCCC)OC(=CC)CCCCCCCCCCCCCCC. The maximum Gasteiger partial charge on any atom is 0.0993 e. The molecule has 0 saturated carbocycles. The van der Waals surface area contributed by atoms with Crippen molar-refractivity contribution in [1.82, 2.24) is 0 Å². The number of allylic oxidation sites excluding steroid dienone is 4. The minimum atomic E-state index is 1.10. The van der Waals surface area contributed by atoms with Gasteiger partial charge in [-0.3, -0.25) is 0 Å². The Balaban J connectivity index is 3.57. The molecule has 0 amide bonds. The van der Waals surface area contributed by atoms with E-state index in [-0.39, 0.29) is 0 Å². The Morgan fingerprint density at radius 2 is 0.568 bits per heavy atom. The summed E-state index contributed by atoms with van der Waals surface area (Å²) in [5, 5.41) is 0. The average Bonchev–Trinajstić information content (AvgIpc) is 2.92. The van der Waals surface area contributed by atoms with Crippen molar-refractivity contribution in [3.05, 3.63) is 23.7 Å². The summed E-state index contributed by atoms with van der Waals surface area (Å²) in [4.78, 5) is 0. The molecule has 220 valence electrons. The van der Waals surface area contributed by atoms with Gasteiger partial charge in [0.05, 0.1) is 11.5 Å². The second-order valence-corrected chi connectivity index (χ2v) is 11.6. The summed E-state index contributed by atoms with van der Waals surface area (Å²) in [5.74, 6) is 2.37. The van der Waals surface area contributed by atoms with Crippen LogP contribution in [0.2, 0.25) is 0 Å². The predicted octanol–water partition coefficient (Wildman–Crippen LogP) is 13.8. The summed E-state index contributed by atoms with van der Waals surface area (Å²) in [7, 11) is 0. The highest BCUT2D eigenvalue weighted by atomic mass is 16.5. The van der Waals surface area contributed by atoms with Gasteiger partial charge in [0.15, 0.2) is 0 Å². The number of rotatable bonds is 30. The van der Waals surface area contributed by atoms with Crippen LogP contribution < -0.4 is 0 Å². The van der Waals surface area contributed by atoms with Crippen LogP contribution in [-0.4, -0.2) is 0 Å². The molecule has 37 heavy (non-hydrogen) atoms. The molecule has 0 bridgehead atoms. The molecule has 0 spiro atoms. The molecular weight excluding hydrogens is 448 g/mol. The maximum atomic E-state index is 6.29. The maximum absolute atomic E-state index is 6.29. The van der Waals surface area contributed by atoms with Crippen LogP contribution in [0.5, 0.6) is 0 Å². The van der Waals surface area contributed by atoms with Crippen molar-refractivity contribution in [3.8, 4) is 0 Å². The highest BCUT2D eigenvalue weighted by molar-refractivity contribution is 5.00. The van der Waals surface area contributed by atoms with Crippen molar-refractivity contribution in [1.29, 1.82) is 0 Å². The van der Waals surface area contributed by atoms with Crippen molar-refractivity contribution in [3.63, 3.8) is 0 Å². The molecule has 0 aromatic carbocycles. The van der Waals surface area contributed by atoms with Crippen LogP contribution >= 0.6 is 0 Å². The molecular formula is C36H70O. The van der Waals surface area contributed by atoms with Gasteiger partial charge in [-0.05, 0) is 38.8 Å². The first-order chi connectivity index (χ1) is 18.3. The summed E-state index contributed by atoms with van der Waals surface area (Å²) in [6.45, 7) is 8.87. The second-order valence-electron chi connectivity index (χ2n) is 11.6. The molecule has 0 heterocycles. The fourth-order valence-electron chi connectivity index (χ4n) is 5.31.